The van der Waals surface area contributed by atoms with Crippen molar-refractivity contribution in [3.63, 3.8) is 0 Å². The lowest BCUT2D eigenvalue weighted by Gasteiger charge is -2.15. The van der Waals surface area contributed by atoms with Crippen LogP contribution in [0.4, 0.5) is 0 Å². The quantitative estimate of drug-likeness (QED) is 0.823. The number of rotatable bonds is 7. The highest BCUT2D eigenvalue weighted by atomic mass is 16.5. The molecule has 0 radical (unpaired) electrons. The predicted molar refractivity (Wildman–Crippen MR) is 88.4 cm³/mol. The summed E-state index contributed by atoms with van der Waals surface area (Å²) in [5.41, 5.74) is 3.21. The molecule has 0 aliphatic heterocycles. The third kappa shape index (κ3) is 4.25. The number of aryl methyl sites for hydroxylation is 1. The number of aliphatic hydroxyl groups excluding tert-OH is 1. The van der Waals surface area contributed by atoms with E-state index in [1.54, 1.807) is 7.11 Å². The number of hydrogen-bond donors (Lipinski definition) is 1. The molecule has 0 amide bonds. The lowest BCUT2D eigenvalue weighted by atomic mass is 10.0. The molecule has 0 saturated carbocycles. The molecule has 0 saturated heterocycles. The Morgan fingerprint density at radius 2 is 1.77 bits per heavy atom. The molecule has 0 bridgehead atoms. The largest absolute Gasteiger partial charge is 0.493 e. The molecule has 118 valence electrons. The second kappa shape index (κ2) is 7.85. The smallest absolute Gasteiger partial charge is 0.161 e. The molecule has 1 unspecified atom stereocenters. The van der Waals surface area contributed by atoms with Crippen LogP contribution in [0.1, 0.15) is 42.6 Å². The van der Waals surface area contributed by atoms with Crippen LogP contribution in [0.25, 0.3) is 0 Å². The molecule has 0 aliphatic carbocycles. The molecule has 2 aromatic rings. The van der Waals surface area contributed by atoms with E-state index in [-0.39, 0.29) is 0 Å². The minimum Gasteiger partial charge on any atom is -0.493 e. The van der Waals surface area contributed by atoms with E-state index >= 15 is 0 Å². The van der Waals surface area contributed by atoms with Gasteiger partial charge in [0.2, 0.25) is 0 Å². The minimum absolute atomic E-state index is 0.454. The maximum atomic E-state index is 10.1. The number of aliphatic hydroxyl groups is 1. The summed E-state index contributed by atoms with van der Waals surface area (Å²) in [6.07, 6.45) is 1.23. The average molecular weight is 300 g/mol. The molecule has 22 heavy (non-hydrogen) atoms. The van der Waals surface area contributed by atoms with Crippen LogP contribution in [0.3, 0.4) is 0 Å². The maximum Gasteiger partial charge on any atom is 0.161 e. The van der Waals surface area contributed by atoms with Crippen molar-refractivity contribution in [1.29, 1.82) is 0 Å². The minimum atomic E-state index is -0.454. The van der Waals surface area contributed by atoms with Gasteiger partial charge in [0.1, 0.15) is 6.61 Å². The number of hydrogen-bond acceptors (Lipinski definition) is 3. The molecule has 3 heteroatoms. The Labute approximate surface area is 132 Å². The zero-order chi connectivity index (χ0) is 15.9. The van der Waals surface area contributed by atoms with Gasteiger partial charge in [0.25, 0.3) is 0 Å². The molecular weight excluding hydrogens is 276 g/mol. The molecule has 1 N–H and O–H groups in total. The lowest BCUT2D eigenvalue weighted by molar-refractivity contribution is 0.166. The summed E-state index contributed by atoms with van der Waals surface area (Å²) < 4.78 is 11.2. The third-order valence-electron chi connectivity index (χ3n) is 3.65. The van der Waals surface area contributed by atoms with Gasteiger partial charge in [-0.3, -0.25) is 0 Å². The first-order chi connectivity index (χ1) is 10.6. The Kier molecular flexibility index (Phi) is 5.84. The Bertz CT molecular complexity index is 590. The van der Waals surface area contributed by atoms with Gasteiger partial charge < -0.3 is 14.6 Å². The van der Waals surface area contributed by atoms with E-state index in [1.165, 1.54) is 5.56 Å². The summed E-state index contributed by atoms with van der Waals surface area (Å²) in [6, 6.07) is 13.9. The van der Waals surface area contributed by atoms with Crippen LogP contribution in [0.5, 0.6) is 11.5 Å². The first-order valence-corrected chi connectivity index (χ1v) is 7.68. The van der Waals surface area contributed by atoms with Crippen molar-refractivity contribution in [2.75, 3.05) is 7.11 Å². The fourth-order valence-corrected chi connectivity index (χ4v) is 2.30. The van der Waals surface area contributed by atoms with Crippen molar-refractivity contribution in [3.8, 4) is 11.5 Å². The summed E-state index contributed by atoms with van der Waals surface area (Å²) in [5, 5.41) is 10.1. The van der Waals surface area contributed by atoms with E-state index in [2.05, 4.69) is 38.1 Å². The Morgan fingerprint density at radius 1 is 1.05 bits per heavy atom. The fourth-order valence-electron chi connectivity index (χ4n) is 2.30. The third-order valence-corrected chi connectivity index (χ3v) is 3.65. The van der Waals surface area contributed by atoms with Crippen LogP contribution in [0.2, 0.25) is 0 Å². The number of benzene rings is 2. The zero-order valence-corrected chi connectivity index (χ0v) is 13.5. The highest BCUT2D eigenvalue weighted by Crippen LogP contribution is 2.32. The van der Waals surface area contributed by atoms with E-state index in [9.17, 15) is 5.11 Å². The summed E-state index contributed by atoms with van der Waals surface area (Å²) in [6.45, 7) is 4.61. The monoisotopic (exact) mass is 300 g/mol. The van der Waals surface area contributed by atoms with Crippen LogP contribution in [0.15, 0.2) is 42.5 Å². The normalized spacial score (nSPS) is 12.0. The van der Waals surface area contributed by atoms with Crippen molar-refractivity contribution in [2.24, 2.45) is 0 Å². The molecule has 1 atom stereocenters. The molecule has 0 aromatic heterocycles. The highest BCUT2D eigenvalue weighted by molar-refractivity contribution is 5.43. The van der Waals surface area contributed by atoms with Gasteiger partial charge in [-0.1, -0.05) is 49.2 Å². The topological polar surface area (TPSA) is 38.7 Å². The van der Waals surface area contributed by atoms with Gasteiger partial charge >= 0.3 is 0 Å². The first-order valence-electron chi connectivity index (χ1n) is 7.68. The molecular formula is C19H24O3. The molecule has 0 fully saturated rings. The highest BCUT2D eigenvalue weighted by Gasteiger charge is 2.11. The van der Waals surface area contributed by atoms with Gasteiger partial charge in [0, 0.05) is 0 Å². The lowest BCUT2D eigenvalue weighted by Crippen LogP contribution is -2.01. The van der Waals surface area contributed by atoms with Crippen molar-refractivity contribution in [1.82, 2.24) is 0 Å². The Balaban J connectivity index is 2.08. The van der Waals surface area contributed by atoms with Crippen LogP contribution in [-0.2, 0) is 6.61 Å². The van der Waals surface area contributed by atoms with Gasteiger partial charge in [-0.05, 0) is 36.6 Å². The summed E-state index contributed by atoms with van der Waals surface area (Å²) >= 11 is 0. The molecule has 0 heterocycles. The molecule has 3 nitrogen and oxygen atoms in total. The number of ether oxygens (including phenoxy) is 2. The van der Waals surface area contributed by atoms with Crippen molar-refractivity contribution in [3.05, 3.63) is 59.2 Å². The van der Waals surface area contributed by atoms with Gasteiger partial charge in [-0.25, -0.2) is 0 Å². The van der Waals surface area contributed by atoms with E-state index < -0.39 is 6.10 Å². The molecule has 2 rings (SSSR count). The van der Waals surface area contributed by atoms with E-state index in [0.29, 0.717) is 18.1 Å². The van der Waals surface area contributed by atoms with E-state index in [0.717, 1.165) is 24.0 Å². The first kappa shape index (κ1) is 16.4. The fraction of sp³-hybridized carbons (Fsp3) is 0.368. The molecule has 0 aliphatic rings. The Hall–Kier alpha value is -2.00. The van der Waals surface area contributed by atoms with Gasteiger partial charge in [0.05, 0.1) is 13.2 Å². The van der Waals surface area contributed by atoms with Gasteiger partial charge in [0.15, 0.2) is 11.5 Å². The van der Waals surface area contributed by atoms with Crippen molar-refractivity contribution in [2.45, 2.75) is 39.4 Å². The number of methoxy groups -OCH3 is 1. The van der Waals surface area contributed by atoms with E-state index in [4.69, 9.17) is 9.47 Å². The predicted octanol–water partition coefficient (Wildman–Crippen LogP) is 4.42. The van der Waals surface area contributed by atoms with Gasteiger partial charge in [-0.15, -0.1) is 0 Å². The second-order valence-corrected chi connectivity index (χ2v) is 5.49. The molecule has 2 aromatic carbocycles. The summed E-state index contributed by atoms with van der Waals surface area (Å²) in [5.74, 6) is 1.34. The van der Waals surface area contributed by atoms with Crippen LogP contribution >= 0.6 is 0 Å². The summed E-state index contributed by atoms with van der Waals surface area (Å²) in [4.78, 5) is 0. The maximum absolute atomic E-state index is 10.1. The molecule has 0 spiro atoms. The SMILES string of the molecule is CCCC(O)c1ccc(OCc2ccc(C)cc2)c(OC)c1. The van der Waals surface area contributed by atoms with E-state index in [1.807, 2.05) is 18.2 Å². The Morgan fingerprint density at radius 3 is 2.41 bits per heavy atom. The standard InChI is InChI=1S/C19H24O3/c1-4-5-17(20)16-10-11-18(19(12-16)21-3)22-13-15-8-6-14(2)7-9-15/h6-12,17,20H,4-5,13H2,1-3H3. The average Bonchev–Trinajstić information content (AvgIpc) is 2.54. The van der Waals surface area contributed by atoms with Crippen LogP contribution < -0.4 is 9.47 Å². The van der Waals surface area contributed by atoms with Crippen molar-refractivity contribution >= 4 is 0 Å². The van der Waals surface area contributed by atoms with Gasteiger partial charge in [-0.2, -0.15) is 0 Å². The second-order valence-electron chi connectivity index (χ2n) is 5.49. The van der Waals surface area contributed by atoms with Crippen LogP contribution in [0, 0.1) is 6.92 Å². The van der Waals surface area contributed by atoms with Crippen LogP contribution in [-0.4, -0.2) is 12.2 Å². The zero-order valence-electron chi connectivity index (χ0n) is 13.5. The summed E-state index contributed by atoms with van der Waals surface area (Å²) in [7, 11) is 1.62. The van der Waals surface area contributed by atoms with Crippen molar-refractivity contribution < 1.29 is 14.6 Å².